The largest absolute Gasteiger partial charge is 0.484 e. The van der Waals surface area contributed by atoms with E-state index in [1.165, 1.54) is 17.0 Å². The SMILES string of the molecule is CN(C)C(=O)COc1ccc(C(N)=S)c(F)c1. The summed E-state index contributed by atoms with van der Waals surface area (Å²) in [5.74, 6) is -0.506. The number of thiocarbonyl (C=S) groups is 1. The Labute approximate surface area is 104 Å². The predicted octanol–water partition coefficient (Wildman–Crippen LogP) is 0.927. The van der Waals surface area contributed by atoms with E-state index in [1.54, 1.807) is 14.1 Å². The molecule has 92 valence electrons. The number of nitrogens with two attached hydrogens (primary N) is 1. The zero-order valence-electron chi connectivity index (χ0n) is 9.57. The van der Waals surface area contributed by atoms with E-state index in [0.717, 1.165) is 6.07 Å². The highest BCUT2D eigenvalue weighted by Crippen LogP contribution is 2.16. The number of amides is 1. The zero-order chi connectivity index (χ0) is 13.0. The minimum Gasteiger partial charge on any atom is -0.484 e. The number of hydrogen-bond donors (Lipinski definition) is 1. The van der Waals surface area contributed by atoms with E-state index in [9.17, 15) is 9.18 Å². The van der Waals surface area contributed by atoms with E-state index in [2.05, 4.69) is 12.2 Å². The molecule has 1 rings (SSSR count). The van der Waals surface area contributed by atoms with Gasteiger partial charge in [-0.1, -0.05) is 12.2 Å². The maximum atomic E-state index is 13.4. The lowest BCUT2D eigenvalue weighted by Gasteiger charge is -2.11. The third-order valence-electron chi connectivity index (χ3n) is 2.07. The van der Waals surface area contributed by atoms with Crippen LogP contribution in [0.5, 0.6) is 5.75 Å². The number of likely N-dealkylation sites (N-methyl/N-ethyl adjacent to an activating group) is 1. The molecule has 0 spiro atoms. The third-order valence-corrected chi connectivity index (χ3v) is 2.29. The molecule has 1 aromatic rings. The number of carbonyl (C=O) groups excluding carboxylic acids is 1. The second kappa shape index (κ2) is 5.58. The summed E-state index contributed by atoms with van der Waals surface area (Å²) in [5, 5.41) is 0. The van der Waals surface area contributed by atoms with Gasteiger partial charge >= 0.3 is 0 Å². The van der Waals surface area contributed by atoms with Crippen molar-refractivity contribution in [3.63, 3.8) is 0 Å². The molecule has 17 heavy (non-hydrogen) atoms. The van der Waals surface area contributed by atoms with Crippen molar-refractivity contribution in [1.29, 1.82) is 0 Å². The maximum absolute atomic E-state index is 13.4. The van der Waals surface area contributed by atoms with Crippen LogP contribution in [0.1, 0.15) is 5.56 Å². The van der Waals surface area contributed by atoms with Crippen molar-refractivity contribution in [3.8, 4) is 5.75 Å². The summed E-state index contributed by atoms with van der Waals surface area (Å²) in [6.07, 6.45) is 0. The first-order chi connectivity index (χ1) is 7.91. The number of ether oxygens (including phenoxy) is 1. The molecule has 0 heterocycles. The predicted molar refractivity (Wildman–Crippen MR) is 66.5 cm³/mol. The van der Waals surface area contributed by atoms with Gasteiger partial charge < -0.3 is 15.4 Å². The van der Waals surface area contributed by atoms with Crippen LogP contribution in [0.4, 0.5) is 4.39 Å². The number of hydrogen-bond acceptors (Lipinski definition) is 3. The van der Waals surface area contributed by atoms with Crippen molar-refractivity contribution in [3.05, 3.63) is 29.6 Å². The second-order valence-electron chi connectivity index (χ2n) is 3.58. The lowest BCUT2D eigenvalue weighted by atomic mass is 10.2. The van der Waals surface area contributed by atoms with Crippen LogP contribution in [0.2, 0.25) is 0 Å². The molecule has 0 saturated heterocycles. The van der Waals surface area contributed by atoms with Crippen molar-refractivity contribution < 1.29 is 13.9 Å². The summed E-state index contributed by atoms with van der Waals surface area (Å²) in [6.45, 7) is -0.140. The normalized spacial score (nSPS) is 9.82. The first-order valence-corrected chi connectivity index (χ1v) is 5.25. The van der Waals surface area contributed by atoms with Gasteiger partial charge in [-0.15, -0.1) is 0 Å². The molecule has 0 aliphatic rings. The molecule has 0 aromatic heterocycles. The number of carbonyl (C=O) groups is 1. The van der Waals surface area contributed by atoms with Crippen molar-refractivity contribution in [2.45, 2.75) is 0 Å². The highest BCUT2D eigenvalue weighted by Gasteiger charge is 2.08. The first-order valence-electron chi connectivity index (χ1n) is 4.84. The highest BCUT2D eigenvalue weighted by atomic mass is 32.1. The Bertz CT molecular complexity index is 449. The molecule has 0 bridgehead atoms. The fourth-order valence-corrected chi connectivity index (χ4v) is 1.23. The van der Waals surface area contributed by atoms with Crippen LogP contribution in [-0.2, 0) is 4.79 Å². The number of rotatable bonds is 4. The van der Waals surface area contributed by atoms with Gasteiger partial charge in [-0.25, -0.2) is 4.39 Å². The fraction of sp³-hybridized carbons (Fsp3) is 0.273. The van der Waals surface area contributed by atoms with Crippen molar-refractivity contribution >= 4 is 23.1 Å². The van der Waals surface area contributed by atoms with Gasteiger partial charge in [-0.3, -0.25) is 4.79 Å². The van der Waals surface area contributed by atoms with Gasteiger partial charge in [0.15, 0.2) is 6.61 Å². The average molecular weight is 256 g/mol. The van der Waals surface area contributed by atoms with E-state index in [4.69, 9.17) is 10.5 Å². The van der Waals surface area contributed by atoms with E-state index in [-0.39, 0.29) is 28.8 Å². The van der Waals surface area contributed by atoms with Crippen LogP contribution in [0.25, 0.3) is 0 Å². The average Bonchev–Trinajstić information content (AvgIpc) is 2.25. The second-order valence-corrected chi connectivity index (χ2v) is 4.02. The Morgan fingerprint density at radius 2 is 2.18 bits per heavy atom. The number of nitrogens with zero attached hydrogens (tertiary/aromatic N) is 1. The monoisotopic (exact) mass is 256 g/mol. The lowest BCUT2D eigenvalue weighted by Crippen LogP contribution is -2.27. The minimum absolute atomic E-state index is 0.0154. The van der Waals surface area contributed by atoms with Gasteiger partial charge in [-0.05, 0) is 12.1 Å². The van der Waals surface area contributed by atoms with Crippen molar-refractivity contribution in [1.82, 2.24) is 4.90 Å². The third kappa shape index (κ3) is 3.67. The van der Waals surface area contributed by atoms with Crippen molar-refractivity contribution in [2.75, 3.05) is 20.7 Å². The quantitative estimate of drug-likeness (QED) is 0.814. The molecule has 0 aliphatic carbocycles. The first kappa shape index (κ1) is 13.4. The number of benzene rings is 1. The van der Waals surface area contributed by atoms with Gasteiger partial charge in [-0.2, -0.15) is 0 Å². The molecule has 6 heteroatoms. The van der Waals surface area contributed by atoms with Gasteiger partial charge in [0.2, 0.25) is 0 Å². The van der Waals surface area contributed by atoms with Crippen LogP contribution in [0, 0.1) is 5.82 Å². The summed E-state index contributed by atoms with van der Waals surface area (Å²) in [7, 11) is 3.23. The Morgan fingerprint density at radius 3 is 2.65 bits per heavy atom. The molecule has 0 unspecified atom stereocenters. The summed E-state index contributed by atoms with van der Waals surface area (Å²) >= 11 is 4.67. The van der Waals surface area contributed by atoms with Gasteiger partial charge in [0.1, 0.15) is 16.6 Å². The van der Waals surface area contributed by atoms with E-state index in [0.29, 0.717) is 0 Å². The smallest absolute Gasteiger partial charge is 0.259 e. The zero-order valence-corrected chi connectivity index (χ0v) is 10.4. The standard InChI is InChI=1S/C11H13FN2O2S/c1-14(2)10(15)6-16-7-3-4-8(11(13)17)9(12)5-7/h3-5H,6H2,1-2H3,(H2,13,17). The van der Waals surface area contributed by atoms with Crippen molar-refractivity contribution in [2.24, 2.45) is 5.73 Å². The maximum Gasteiger partial charge on any atom is 0.259 e. The molecule has 0 atom stereocenters. The van der Waals surface area contributed by atoms with Crippen LogP contribution in [0.15, 0.2) is 18.2 Å². The molecule has 2 N–H and O–H groups in total. The molecule has 0 radical (unpaired) electrons. The molecule has 1 aromatic carbocycles. The molecule has 4 nitrogen and oxygen atoms in total. The van der Waals surface area contributed by atoms with E-state index < -0.39 is 5.82 Å². The molecule has 0 fully saturated rings. The van der Waals surface area contributed by atoms with Gasteiger partial charge in [0, 0.05) is 25.7 Å². The Morgan fingerprint density at radius 1 is 1.53 bits per heavy atom. The lowest BCUT2D eigenvalue weighted by molar-refractivity contribution is -0.130. The fourth-order valence-electron chi connectivity index (χ4n) is 1.06. The molecule has 0 aliphatic heterocycles. The summed E-state index contributed by atoms with van der Waals surface area (Å²) in [4.78, 5) is 12.6. The molecular formula is C11H13FN2O2S. The Kier molecular flexibility index (Phi) is 4.39. The Balaban J connectivity index is 2.71. The minimum atomic E-state index is -0.563. The summed E-state index contributed by atoms with van der Waals surface area (Å²) < 4.78 is 18.6. The highest BCUT2D eigenvalue weighted by molar-refractivity contribution is 7.80. The molecule has 0 saturated carbocycles. The number of halogens is 1. The van der Waals surface area contributed by atoms with Crippen LogP contribution in [0.3, 0.4) is 0 Å². The van der Waals surface area contributed by atoms with Gasteiger partial charge in [0.25, 0.3) is 5.91 Å². The van der Waals surface area contributed by atoms with Gasteiger partial charge in [0.05, 0.1) is 0 Å². The molecular weight excluding hydrogens is 243 g/mol. The van der Waals surface area contributed by atoms with E-state index >= 15 is 0 Å². The summed E-state index contributed by atoms with van der Waals surface area (Å²) in [5.41, 5.74) is 5.48. The van der Waals surface area contributed by atoms with Crippen LogP contribution in [-0.4, -0.2) is 36.5 Å². The molecule has 1 amide bonds. The van der Waals surface area contributed by atoms with Crippen LogP contribution >= 0.6 is 12.2 Å². The van der Waals surface area contributed by atoms with Crippen LogP contribution < -0.4 is 10.5 Å². The van der Waals surface area contributed by atoms with E-state index in [1.807, 2.05) is 0 Å². The Hall–Kier alpha value is -1.69. The summed E-state index contributed by atoms with van der Waals surface area (Å²) in [6, 6.07) is 4.09. The topological polar surface area (TPSA) is 55.6 Å².